The van der Waals surface area contributed by atoms with Gasteiger partial charge in [-0.25, -0.2) is 8.42 Å². The van der Waals surface area contributed by atoms with E-state index >= 15 is 0 Å². The molecule has 1 aromatic heterocycles. The second-order valence-corrected chi connectivity index (χ2v) is 7.40. The SMILES string of the molecule is CC1(C)CN(S(=O)(=O)c2cnn(CCCO)c2)CCO1. The van der Waals surface area contributed by atoms with Gasteiger partial charge in [-0.3, -0.25) is 4.68 Å². The smallest absolute Gasteiger partial charge is 0.246 e. The molecule has 20 heavy (non-hydrogen) atoms. The Labute approximate surface area is 119 Å². The van der Waals surface area contributed by atoms with Gasteiger partial charge in [0.05, 0.1) is 18.4 Å². The van der Waals surface area contributed by atoms with Crippen LogP contribution < -0.4 is 0 Å². The number of aryl methyl sites for hydroxylation is 1. The molecule has 0 atom stereocenters. The maximum atomic E-state index is 12.5. The minimum absolute atomic E-state index is 0.0552. The van der Waals surface area contributed by atoms with Crippen molar-refractivity contribution in [2.75, 3.05) is 26.3 Å². The fourth-order valence-corrected chi connectivity index (χ4v) is 3.69. The highest BCUT2D eigenvalue weighted by Gasteiger charge is 2.35. The molecular weight excluding hydrogens is 282 g/mol. The Bertz CT molecular complexity index is 553. The zero-order chi connectivity index (χ0) is 14.8. The molecule has 7 nitrogen and oxygen atoms in total. The normalized spacial score (nSPS) is 20.1. The van der Waals surface area contributed by atoms with E-state index < -0.39 is 15.6 Å². The van der Waals surface area contributed by atoms with E-state index in [1.807, 2.05) is 13.8 Å². The summed E-state index contributed by atoms with van der Waals surface area (Å²) in [5, 5.41) is 12.8. The van der Waals surface area contributed by atoms with Gasteiger partial charge in [0.25, 0.3) is 0 Å². The molecule has 0 saturated carbocycles. The first kappa shape index (κ1) is 15.4. The standard InChI is InChI=1S/C12H21N3O4S/c1-12(2)10-15(5-7-19-12)20(17,18)11-8-13-14(9-11)4-3-6-16/h8-9,16H,3-7,10H2,1-2H3. The molecule has 1 fully saturated rings. The van der Waals surface area contributed by atoms with E-state index in [9.17, 15) is 8.42 Å². The maximum absolute atomic E-state index is 12.5. The molecule has 0 aromatic carbocycles. The third-order valence-corrected chi connectivity index (χ3v) is 4.98. The Kier molecular flexibility index (Phi) is 4.48. The summed E-state index contributed by atoms with van der Waals surface area (Å²) in [5.74, 6) is 0. The predicted molar refractivity (Wildman–Crippen MR) is 72.7 cm³/mol. The number of morpholine rings is 1. The van der Waals surface area contributed by atoms with Gasteiger partial charge < -0.3 is 9.84 Å². The summed E-state index contributed by atoms with van der Waals surface area (Å²) in [6.45, 7) is 5.38. The second-order valence-electron chi connectivity index (χ2n) is 5.46. The van der Waals surface area contributed by atoms with Gasteiger partial charge in [-0.2, -0.15) is 9.40 Å². The van der Waals surface area contributed by atoms with Crippen molar-refractivity contribution in [3.63, 3.8) is 0 Å². The van der Waals surface area contributed by atoms with Crippen molar-refractivity contribution in [2.45, 2.75) is 37.3 Å². The van der Waals surface area contributed by atoms with E-state index in [-0.39, 0.29) is 11.5 Å². The minimum atomic E-state index is -3.53. The fraction of sp³-hybridized carbons (Fsp3) is 0.750. The van der Waals surface area contributed by atoms with E-state index in [1.54, 1.807) is 0 Å². The maximum Gasteiger partial charge on any atom is 0.246 e. The molecule has 0 aliphatic carbocycles. The van der Waals surface area contributed by atoms with E-state index in [0.29, 0.717) is 32.7 Å². The van der Waals surface area contributed by atoms with Crippen LogP contribution in [-0.4, -0.2) is 59.5 Å². The molecule has 0 amide bonds. The Hall–Kier alpha value is -0.960. The van der Waals surface area contributed by atoms with Crippen molar-refractivity contribution in [3.05, 3.63) is 12.4 Å². The molecule has 1 aliphatic heterocycles. The number of aromatic nitrogens is 2. The molecule has 0 unspecified atom stereocenters. The Balaban J connectivity index is 2.15. The molecule has 1 aliphatic rings. The van der Waals surface area contributed by atoms with Crippen molar-refractivity contribution in [2.24, 2.45) is 0 Å². The van der Waals surface area contributed by atoms with Crippen molar-refractivity contribution in [1.29, 1.82) is 0 Å². The van der Waals surface area contributed by atoms with Crippen LogP contribution in [0.15, 0.2) is 17.3 Å². The number of rotatable bonds is 5. The molecule has 114 valence electrons. The van der Waals surface area contributed by atoms with Crippen LogP contribution in [0.2, 0.25) is 0 Å². The number of ether oxygens (including phenoxy) is 1. The van der Waals surface area contributed by atoms with Crippen LogP contribution in [0, 0.1) is 0 Å². The molecule has 0 radical (unpaired) electrons. The lowest BCUT2D eigenvalue weighted by Crippen LogP contribution is -2.50. The lowest BCUT2D eigenvalue weighted by molar-refractivity contribution is -0.0640. The van der Waals surface area contributed by atoms with Crippen molar-refractivity contribution >= 4 is 10.0 Å². The first-order valence-corrected chi connectivity index (χ1v) is 8.07. The summed E-state index contributed by atoms with van der Waals surface area (Å²) in [6.07, 6.45) is 3.41. The van der Waals surface area contributed by atoms with Crippen molar-refractivity contribution < 1.29 is 18.3 Å². The van der Waals surface area contributed by atoms with Gasteiger partial charge >= 0.3 is 0 Å². The van der Waals surface area contributed by atoms with Gasteiger partial charge in [0.1, 0.15) is 4.90 Å². The highest BCUT2D eigenvalue weighted by atomic mass is 32.2. The number of aliphatic hydroxyl groups is 1. The number of nitrogens with zero attached hydrogens (tertiary/aromatic N) is 3. The van der Waals surface area contributed by atoms with Crippen molar-refractivity contribution in [3.8, 4) is 0 Å². The number of aliphatic hydroxyl groups excluding tert-OH is 1. The molecule has 0 bridgehead atoms. The topological polar surface area (TPSA) is 84.7 Å². The average Bonchev–Trinajstić information content (AvgIpc) is 2.84. The average molecular weight is 303 g/mol. The second kappa shape index (κ2) is 5.80. The largest absolute Gasteiger partial charge is 0.396 e. The van der Waals surface area contributed by atoms with Gasteiger partial charge in [-0.15, -0.1) is 0 Å². The highest BCUT2D eigenvalue weighted by molar-refractivity contribution is 7.89. The minimum Gasteiger partial charge on any atom is -0.396 e. The lowest BCUT2D eigenvalue weighted by atomic mass is 10.1. The molecular formula is C12H21N3O4S. The number of hydrogen-bond donors (Lipinski definition) is 1. The molecule has 2 heterocycles. The third-order valence-electron chi connectivity index (χ3n) is 3.18. The van der Waals surface area contributed by atoms with E-state index in [4.69, 9.17) is 9.84 Å². The first-order chi connectivity index (χ1) is 9.35. The molecule has 0 spiro atoms. The van der Waals surface area contributed by atoms with Crippen molar-refractivity contribution in [1.82, 2.24) is 14.1 Å². The molecule has 1 N–H and O–H groups in total. The monoisotopic (exact) mass is 303 g/mol. The van der Waals surface area contributed by atoms with Gasteiger partial charge in [0.15, 0.2) is 0 Å². The van der Waals surface area contributed by atoms with Crippen LogP contribution in [0.25, 0.3) is 0 Å². The zero-order valence-electron chi connectivity index (χ0n) is 11.8. The fourth-order valence-electron chi connectivity index (χ4n) is 2.16. The van der Waals surface area contributed by atoms with Crippen LogP contribution in [0.1, 0.15) is 20.3 Å². The molecule has 1 saturated heterocycles. The highest BCUT2D eigenvalue weighted by Crippen LogP contribution is 2.23. The summed E-state index contributed by atoms with van der Waals surface area (Å²) in [6, 6.07) is 0. The van der Waals surface area contributed by atoms with Crippen LogP contribution in [0.5, 0.6) is 0 Å². The Morgan fingerprint density at radius 2 is 2.25 bits per heavy atom. The van der Waals surface area contributed by atoms with Crippen LogP contribution in [0.4, 0.5) is 0 Å². The van der Waals surface area contributed by atoms with Crippen LogP contribution in [-0.2, 0) is 21.3 Å². The molecule has 1 aromatic rings. The zero-order valence-corrected chi connectivity index (χ0v) is 12.6. The lowest BCUT2D eigenvalue weighted by Gasteiger charge is -2.37. The van der Waals surface area contributed by atoms with Gasteiger partial charge in [-0.05, 0) is 20.3 Å². The van der Waals surface area contributed by atoms with Gasteiger partial charge in [0, 0.05) is 32.4 Å². The summed E-state index contributed by atoms with van der Waals surface area (Å²) in [4.78, 5) is 0.188. The number of hydrogen-bond acceptors (Lipinski definition) is 5. The Morgan fingerprint density at radius 3 is 2.90 bits per heavy atom. The Morgan fingerprint density at radius 1 is 1.50 bits per heavy atom. The summed E-state index contributed by atoms with van der Waals surface area (Å²) < 4.78 is 33.6. The van der Waals surface area contributed by atoms with E-state index in [2.05, 4.69) is 5.10 Å². The summed E-state index contributed by atoms with van der Waals surface area (Å²) in [5.41, 5.74) is -0.474. The number of sulfonamides is 1. The summed E-state index contributed by atoms with van der Waals surface area (Å²) >= 11 is 0. The van der Waals surface area contributed by atoms with Gasteiger partial charge in [-0.1, -0.05) is 0 Å². The van der Waals surface area contributed by atoms with Gasteiger partial charge in [0.2, 0.25) is 10.0 Å². The summed E-state index contributed by atoms with van der Waals surface area (Å²) in [7, 11) is -3.53. The van der Waals surface area contributed by atoms with Crippen LogP contribution >= 0.6 is 0 Å². The molecule has 2 rings (SSSR count). The van der Waals surface area contributed by atoms with E-state index in [0.717, 1.165) is 0 Å². The predicted octanol–water partition coefficient (Wildman–Crippen LogP) is 0.0650. The van der Waals surface area contributed by atoms with E-state index in [1.165, 1.54) is 21.4 Å². The van der Waals surface area contributed by atoms with Crippen LogP contribution in [0.3, 0.4) is 0 Å². The third kappa shape index (κ3) is 3.38. The molecule has 8 heteroatoms. The quantitative estimate of drug-likeness (QED) is 0.832. The first-order valence-electron chi connectivity index (χ1n) is 6.63.